The maximum Gasteiger partial charge on any atom is 0.408 e. The Bertz CT molecular complexity index is 1180. The summed E-state index contributed by atoms with van der Waals surface area (Å²) in [5.74, 6) is -1.53. The lowest BCUT2D eigenvalue weighted by molar-refractivity contribution is -0.144. The van der Waals surface area contributed by atoms with Crippen LogP contribution in [0.1, 0.15) is 75.3 Å². The number of nitrogens with one attached hydrogen (secondary N) is 2. The molecule has 0 aromatic heterocycles. The number of rotatable bonds is 13. The van der Waals surface area contributed by atoms with E-state index in [-0.39, 0.29) is 19.5 Å². The largest absolute Gasteiger partial charge is 0.468 e. The summed E-state index contributed by atoms with van der Waals surface area (Å²) < 4.78 is 10.2. The lowest BCUT2D eigenvalue weighted by atomic mass is 9.95. The minimum Gasteiger partial charge on any atom is -0.468 e. The van der Waals surface area contributed by atoms with Gasteiger partial charge in [0.05, 0.1) is 7.11 Å². The zero-order chi connectivity index (χ0) is 30.6. The number of aryl methyl sites for hydroxylation is 2. The summed E-state index contributed by atoms with van der Waals surface area (Å²) in [6, 6.07) is 13.0. The fraction of sp³-hybridized carbons (Fsp3) is 0.500. The van der Waals surface area contributed by atoms with E-state index in [1.807, 2.05) is 62.4 Å². The average Bonchev–Trinajstić information content (AvgIpc) is 2.91. The normalized spacial score (nSPS) is 12.6. The predicted octanol–water partition coefficient (Wildman–Crippen LogP) is 4.79. The molecule has 0 saturated heterocycles. The van der Waals surface area contributed by atoms with Crippen LogP contribution in [-0.4, -0.2) is 60.6 Å². The van der Waals surface area contributed by atoms with Gasteiger partial charge in [-0.1, -0.05) is 73.9 Å². The van der Waals surface area contributed by atoms with E-state index in [9.17, 15) is 19.2 Å². The van der Waals surface area contributed by atoms with Crippen LogP contribution in [0.4, 0.5) is 4.79 Å². The van der Waals surface area contributed by atoms with Crippen molar-refractivity contribution in [2.45, 2.75) is 84.9 Å². The van der Waals surface area contributed by atoms with Gasteiger partial charge in [-0.3, -0.25) is 14.4 Å². The van der Waals surface area contributed by atoms with Gasteiger partial charge in [0, 0.05) is 13.0 Å². The zero-order valence-electron chi connectivity index (χ0n) is 25.4. The molecule has 2 atom stereocenters. The zero-order valence-corrected chi connectivity index (χ0v) is 25.4. The Hall–Kier alpha value is -3.88. The summed E-state index contributed by atoms with van der Waals surface area (Å²) >= 11 is 0. The second-order valence-corrected chi connectivity index (χ2v) is 11.2. The van der Waals surface area contributed by atoms with Gasteiger partial charge in [-0.05, 0) is 57.7 Å². The van der Waals surface area contributed by atoms with E-state index in [1.54, 1.807) is 20.8 Å². The van der Waals surface area contributed by atoms with Gasteiger partial charge in [-0.25, -0.2) is 4.79 Å². The molecule has 0 bridgehead atoms. The molecule has 2 N–H and O–H groups in total. The van der Waals surface area contributed by atoms with Gasteiger partial charge in [-0.2, -0.15) is 0 Å². The third-order valence-corrected chi connectivity index (χ3v) is 6.48. The van der Waals surface area contributed by atoms with Gasteiger partial charge >= 0.3 is 12.1 Å². The average molecular weight is 568 g/mol. The topological polar surface area (TPSA) is 114 Å². The first-order valence-corrected chi connectivity index (χ1v) is 14.1. The van der Waals surface area contributed by atoms with E-state index in [4.69, 9.17) is 9.47 Å². The summed E-state index contributed by atoms with van der Waals surface area (Å²) in [6.45, 7) is 11.0. The highest BCUT2D eigenvalue weighted by atomic mass is 16.6. The summed E-state index contributed by atoms with van der Waals surface area (Å²) in [5.41, 5.74) is 2.47. The highest BCUT2D eigenvalue weighted by Gasteiger charge is 2.37. The fourth-order valence-corrected chi connectivity index (χ4v) is 4.43. The van der Waals surface area contributed by atoms with Gasteiger partial charge in [0.2, 0.25) is 11.8 Å². The molecule has 0 saturated carbocycles. The van der Waals surface area contributed by atoms with Crippen LogP contribution in [0.15, 0.2) is 48.5 Å². The lowest BCUT2D eigenvalue weighted by Gasteiger charge is -2.35. The van der Waals surface area contributed by atoms with Crippen molar-refractivity contribution in [2.75, 3.05) is 20.2 Å². The van der Waals surface area contributed by atoms with Crippen molar-refractivity contribution in [3.63, 3.8) is 0 Å². The predicted molar refractivity (Wildman–Crippen MR) is 158 cm³/mol. The minimum absolute atomic E-state index is 0.201. The van der Waals surface area contributed by atoms with Crippen LogP contribution in [0.25, 0.3) is 0 Å². The number of carbonyl (C=O) groups is 4. The number of hydrogen-bond acceptors (Lipinski definition) is 6. The van der Waals surface area contributed by atoms with Crippen molar-refractivity contribution >= 4 is 23.9 Å². The van der Waals surface area contributed by atoms with Crippen LogP contribution < -0.4 is 10.6 Å². The van der Waals surface area contributed by atoms with Crippen LogP contribution >= 0.6 is 0 Å². The first kappa shape index (κ1) is 33.3. The molecule has 2 unspecified atom stereocenters. The van der Waals surface area contributed by atoms with Gasteiger partial charge in [0.15, 0.2) is 0 Å². The molecule has 2 aromatic rings. The standard InChI is InChI=1S/C32H45N3O6/c1-8-9-13-18-35(28(29(37)33-21-27(36)40-7)25-19-22(2)16-17-23(25)3)30(38)26(20-24-14-11-10-12-15-24)34-31(39)41-32(4,5)6/h10-12,14-17,19,26,28H,8-9,13,18,20-21H2,1-7H3,(H,33,37)(H,34,39). The Morgan fingerprint density at radius 3 is 2.27 bits per heavy atom. The molecule has 224 valence electrons. The monoisotopic (exact) mass is 567 g/mol. The van der Waals surface area contributed by atoms with Crippen molar-refractivity contribution < 1.29 is 28.7 Å². The molecule has 0 aliphatic heterocycles. The molecule has 0 radical (unpaired) electrons. The smallest absolute Gasteiger partial charge is 0.408 e. The van der Waals surface area contributed by atoms with Gasteiger partial charge in [-0.15, -0.1) is 0 Å². The maximum absolute atomic E-state index is 14.4. The number of amides is 3. The second-order valence-electron chi connectivity index (χ2n) is 11.2. The molecule has 9 heteroatoms. The number of esters is 1. The number of ether oxygens (including phenoxy) is 2. The van der Waals surface area contributed by atoms with Crippen molar-refractivity contribution in [2.24, 2.45) is 0 Å². The number of alkyl carbamates (subject to hydrolysis) is 1. The third-order valence-electron chi connectivity index (χ3n) is 6.48. The molecule has 2 aromatic carbocycles. The van der Waals surface area contributed by atoms with E-state index in [2.05, 4.69) is 17.6 Å². The van der Waals surface area contributed by atoms with Gasteiger partial charge < -0.3 is 25.0 Å². The van der Waals surface area contributed by atoms with E-state index < -0.39 is 41.6 Å². The van der Waals surface area contributed by atoms with Crippen molar-refractivity contribution in [1.82, 2.24) is 15.5 Å². The first-order valence-electron chi connectivity index (χ1n) is 14.1. The van der Waals surface area contributed by atoms with Crippen LogP contribution in [0.3, 0.4) is 0 Å². The number of benzene rings is 2. The van der Waals surface area contributed by atoms with Crippen LogP contribution in [-0.2, 0) is 30.3 Å². The molecule has 2 rings (SSSR count). The van der Waals surface area contributed by atoms with E-state index >= 15 is 0 Å². The number of hydrogen-bond donors (Lipinski definition) is 2. The molecule has 9 nitrogen and oxygen atoms in total. The Morgan fingerprint density at radius 2 is 1.66 bits per heavy atom. The Labute approximate surface area is 244 Å². The first-order chi connectivity index (χ1) is 19.4. The highest BCUT2D eigenvalue weighted by Crippen LogP contribution is 2.28. The lowest BCUT2D eigenvalue weighted by Crippen LogP contribution is -2.54. The number of methoxy groups -OCH3 is 1. The second kappa shape index (κ2) is 15.8. The molecule has 0 heterocycles. The van der Waals surface area contributed by atoms with Crippen molar-refractivity contribution in [3.8, 4) is 0 Å². The van der Waals surface area contributed by atoms with Crippen molar-refractivity contribution in [1.29, 1.82) is 0 Å². The third kappa shape index (κ3) is 10.9. The van der Waals surface area contributed by atoms with Crippen LogP contribution in [0.2, 0.25) is 0 Å². The fourth-order valence-electron chi connectivity index (χ4n) is 4.43. The molecule has 0 fully saturated rings. The number of carbonyl (C=O) groups excluding carboxylic acids is 4. The van der Waals surface area contributed by atoms with Crippen LogP contribution in [0, 0.1) is 13.8 Å². The Kier molecular flexibility index (Phi) is 12.8. The molecule has 0 aliphatic carbocycles. The van der Waals surface area contributed by atoms with Crippen LogP contribution in [0.5, 0.6) is 0 Å². The van der Waals surface area contributed by atoms with Crippen molar-refractivity contribution in [3.05, 3.63) is 70.8 Å². The summed E-state index contributed by atoms with van der Waals surface area (Å²) in [6.07, 6.45) is 1.88. The van der Waals surface area contributed by atoms with E-state index in [1.165, 1.54) is 12.0 Å². The SMILES string of the molecule is CCCCCN(C(=O)C(Cc1ccccc1)NC(=O)OC(C)(C)C)C(C(=O)NCC(=O)OC)c1cc(C)ccc1C. The van der Waals surface area contributed by atoms with E-state index in [0.717, 1.165) is 29.5 Å². The Balaban J connectivity index is 2.60. The minimum atomic E-state index is -1.04. The molecule has 0 aliphatic rings. The quantitative estimate of drug-likeness (QED) is 0.266. The molecule has 3 amide bonds. The number of unbranched alkanes of at least 4 members (excludes halogenated alkanes) is 2. The maximum atomic E-state index is 14.4. The Morgan fingerprint density at radius 1 is 0.976 bits per heavy atom. The summed E-state index contributed by atoms with van der Waals surface area (Å²) in [7, 11) is 1.24. The molecule has 41 heavy (non-hydrogen) atoms. The molecule has 0 spiro atoms. The van der Waals surface area contributed by atoms with Gasteiger partial charge in [0.25, 0.3) is 0 Å². The van der Waals surface area contributed by atoms with E-state index in [0.29, 0.717) is 12.0 Å². The summed E-state index contributed by atoms with van der Waals surface area (Å²) in [4.78, 5) is 54.5. The number of nitrogens with zero attached hydrogens (tertiary/aromatic N) is 1. The van der Waals surface area contributed by atoms with Gasteiger partial charge in [0.1, 0.15) is 24.2 Å². The highest BCUT2D eigenvalue weighted by molar-refractivity contribution is 5.93. The molecular weight excluding hydrogens is 522 g/mol. The summed E-state index contributed by atoms with van der Waals surface area (Å²) in [5, 5.41) is 5.41. The molecular formula is C32H45N3O6.